The van der Waals surface area contributed by atoms with Crippen LogP contribution in [0.25, 0.3) is 22.6 Å². The van der Waals surface area contributed by atoms with Crippen molar-refractivity contribution in [1.82, 2.24) is 13.9 Å². The highest BCUT2D eigenvalue weighted by molar-refractivity contribution is 9.10. The van der Waals surface area contributed by atoms with Gasteiger partial charge in [0.05, 0.1) is 27.8 Å². The Morgan fingerprint density at radius 2 is 1.69 bits per heavy atom. The largest absolute Gasteiger partial charge is 0.296 e. The van der Waals surface area contributed by atoms with Crippen LogP contribution in [0.5, 0.6) is 0 Å². The average Bonchev–Trinajstić information content (AvgIpc) is 3.33. The van der Waals surface area contributed by atoms with Crippen molar-refractivity contribution >= 4 is 56.2 Å². The number of hydrogen-bond donors (Lipinski definition) is 0. The molecule has 0 bridgehead atoms. The molecule has 5 aromatic rings. The molecule has 0 radical (unpaired) electrons. The van der Waals surface area contributed by atoms with E-state index in [1.165, 1.54) is 11.3 Å². The average molecular weight is 586 g/mol. The van der Waals surface area contributed by atoms with Crippen molar-refractivity contribution in [1.29, 1.82) is 0 Å². The smallest absolute Gasteiger partial charge is 0.283 e. The molecular formula is C26H19BrCl2N4OS. The van der Waals surface area contributed by atoms with Crippen LogP contribution in [-0.2, 0) is 7.05 Å². The minimum absolute atomic E-state index is 0.154. The second-order valence-electron chi connectivity index (χ2n) is 7.86. The Morgan fingerprint density at radius 1 is 0.971 bits per heavy atom. The Bertz CT molecular complexity index is 1660. The van der Waals surface area contributed by atoms with Crippen LogP contribution < -0.4 is 10.4 Å². The first-order valence-corrected chi connectivity index (χ1v) is 13.1. The van der Waals surface area contributed by atoms with Gasteiger partial charge in [-0.15, -0.1) is 11.3 Å². The zero-order valence-electron chi connectivity index (χ0n) is 18.7. The van der Waals surface area contributed by atoms with Gasteiger partial charge in [0.2, 0.25) is 0 Å². The molecule has 3 aromatic carbocycles. The summed E-state index contributed by atoms with van der Waals surface area (Å²) in [4.78, 5) is 19.4. The highest BCUT2D eigenvalue weighted by atomic mass is 79.9. The molecule has 0 aliphatic rings. The van der Waals surface area contributed by atoms with E-state index in [-0.39, 0.29) is 5.56 Å². The number of benzene rings is 3. The van der Waals surface area contributed by atoms with Gasteiger partial charge in [0.1, 0.15) is 5.69 Å². The standard InChI is InChI=1S/C26H19BrCl2N4OS/c1-16-24(25(34)33(31(16)2)20-6-4-3-5-7-20)32-23(21-13-10-18(28)14-22(21)29)15-35-26(32)30-19-11-8-17(27)9-12-19/h3-15H,1-2H3. The second kappa shape index (κ2) is 9.66. The Morgan fingerprint density at radius 3 is 2.37 bits per heavy atom. The summed E-state index contributed by atoms with van der Waals surface area (Å²) in [6, 6.07) is 22.6. The zero-order chi connectivity index (χ0) is 24.7. The van der Waals surface area contributed by atoms with Crippen LogP contribution in [0, 0.1) is 6.92 Å². The van der Waals surface area contributed by atoms with Crippen LogP contribution in [0.4, 0.5) is 5.69 Å². The molecule has 2 heterocycles. The molecule has 0 aliphatic carbocycles. The lowest BCUT2D eigenvalue weighted by Gasteiger charge is -2.10. The molecule has 5 nitrogen and oxygen atoms in total. The molecule has 0 saturated carbocycles. The third kappa shape index (κ3) is 4.45. The molecule has 5 rings (SSSR count). The lowest BCUT2D eigenvalue weighted by atomic mass is 10.1. The van der Waals surface area contributed by atoms with Crippen molar-refractivity contribution in [2.75, 3.05) is 0 Å². The number of para-hydroxylation sites is 1. The van der Waals surface area contributed by atoms with Crippen LogP contribution in [0.15, 0.2) is 92.4 Å². The second-order valence-corrected chi connectivity index (χ2v) is 10.5. The first kappa shape index (κ1) is 23.9. The van der Waals surface area contributed by atoms with Gasteiger partial charge >= 0.3 is 0 Å². The van der Waals surface area contributed by atoms with Crippen LogP contribution in [0.2, 0.25) is 10.0 Å². The monoisotopic (exact) mass is 584 g/mol. The van der Waals surface area contributed by atoms with Crippen LogP contribution >= 0.6 is 50.5 Å². The number of aromatic nitrogens is 3. The van der Waals surface area contributed by atoms with Gasteiger partial charge in [-0.3, -0.25) is 14.0 Å². The minimum Gasteiger partial charge on any atom is -0.283 e. The summed E-state index contributed by atoms with van der Waals surface area (Å²) in [5, 5.41) is 3.00. The van der Waals surface area contributed by atoms with Crippen molar-refractivity contribution in [3.05, 3.63) is 114 Å². The lowest BCUT2D eigenvalue weighted by molar-refractivity contribution is 0.630. The first-order valence-electron chi connectivity index (χ1n) is 10.7. The summed E-state index contributed by atoms with van der Waals surface area (Å²) in [5.74, 6) is 0. The maximum absolute atomic E-state index is 13.9. The molecule has 176 valence electrons. The van der Waals surface area contributed by atoms with E-state index in [2.05, 4.69) is 15.9 Å². The topological polar surface area (TPSA) is 44.2 Å². The van der Waals surface area contributed by atoms with Crippen molar-refractivity contribution in [3.8, 4) is 22.6 Å². The van der Waals surface area contributed by atoms with Gasteiger partial charge < -0.3 is 0 Å². The maximum Gasteiger partial charge on any atom is 0.296 e. The Kier molecular flexibility index (Phi) is 6.59. The number of halogens is 3. The Balaban J connectivity index is 1.84. The third-order valence-electron chi connectivity index (χ3n) is 5.71. The van der Waals surface area contributed by atoms with Crippen LogP contribution in [-0.4, -0.2) is 13.9 Å². The van der Waals surface area contributed by atoms with Crippen molar-refractivity contribution < 1.29 is 0 Å². The molecule has 0 aliphatic heterocycles. The van der Waals surface area contributed by atoms with E-state index < -0.39 is 0 Å². The van der Waals surface area contributed by atoms with E-state index in [1.54, 1.807) is 16.8 Å². The molecule has 0 unspecified atom stereocenters. The van der Waals surface area contributed by atoms with Crippen molar-refractivity contribution in [2.24, 2.45) is 12.0 Å². The molecule has 0 saturated heterocycles. The normalized spacial score (nSPS) is 11.9. The zero-order valence-corrected chi connectivity index (χ0v) is 22.7. The highest BCUT2D eigenvalue weighted by Gasteiger charge is 2.22. The number of rotatable bonds is 4. The van der Waals surface area contributed by atoms with Crippen LogP contribution in [0.1, 0.15) is 5.69 Å². The molecule has 0 fully saturated rings. The van der Waals surface area contributed by atoms with E-state index >= 15 is 0 Å². The van der Waals surface area contributed by atoms with Gasteiger partial charge in [0.15, 0.2) is 4.80 Å². The molecular weight excluding hydrogens is 567 g/mol. The quantitative estimate of drug-likeness (QED) is 0.218. The summed E-state index contributed by atoms with van der Waals surface area (Å²) in [7, 11) is 1.88. The van der Waals surface area contributed by atoms with E-state index in [9.17, 15) is 4.79 Å². The summed E-state index contributed by atoms with van der Waals surface area (Å²) in [5.41, 5.74) is 4.22. The highest BCUT2D eigenvalue weighted by Crippen LogP contribution is 2.32. The van der Waals surface area contributed by atoms with Crippen LogP contribution in [0.3, 0.4) is 0 Å². The predicted molar refractivity (Wildman–Crippen MR) is 148 cm³/mol. The van der Waals surface area contributed by atoms with Gasteiger partial charge in [-0.1, -0.05) is 57.3 Å². The fourth-order valence-corrected chi connectivity index (χ4v) is 5.60. The maximum atomic E-state index is 13.9. The van der Waals surface area contributed by atoms with E-state index in [1.807, 2.05) is 89.3 Å². The van der Waals surface area contributed by atoms with Gasteiger partial charge in [0.25, 0.3) is 5.56 Å². The fraction of sp³-hybridized carbons (Fsp3) is 0.0769. The number of thiazole rings is 1. The molecule has 2 aromatic heterocycles. The molecule has 0 amide bonds. The van der Waals surface area contributed by atoms with E-state index in [0.29, 0.717) is 20.5 Å². The minimum atomic E-state index is -0.154. The Hall–Kier alpha value is -2.84. The molecule has 0 atom stereocenters. The summed E-state index contributed by atoms with van der Waals surface area (Å²) < 4.78 is 6.37. The third-order valence-corrected chi connectivity index (χ3v) is 7.62. The van der Waals surface area contributed by atoms with E-state index in [0.717, 1.165) is 32.8 Å². The molecule has 0 spiro atoms. The first-order chi connectivity index (χ1) is 16.8. The van der Waals surface area contributed by atoms with Gasteiger partial charge in [-0.25, -0.2) is 9.67 Å². The number of hydrogen-bond acceptors (Lipinski definition) is 3. The molecule has 9 heteroatoms. The molecule has 0 N–H and O–H groups in total. The van der Waals surface area contributed by atoms with Gasteiger partial charge in [-0.2, -0.15) is 0 Å². The predicted octanol–water partition coefficient (Wildman–Crippen LogP) is 7.31. The fourth-order valence-electron chi connectivity index (χ4n) is 3.93. The summed E-state index contributed by atoms with van der Waals surface area (Å²) in [6.45, 7) is 1.93. The lowest BCUT2D eigenvalue weighted by Crippen LogP contribution is -2.24. The SMILES string of the molecule is Cc1c(-n2c(-c3ccc(Cl)cc3Cl)csc2=Nc2ccc(Br)cc2)c(=O)n(-c2ccccc2)n1C. The summed E-state index contributed by atoms with van der Waals surface area (Å²) in [6.07, 6.45) is 0. The Labute approximate surface area is 224 Å². The van der Waals surface area contributed by atoms with Gasteiger partial charge in [-0.05, 0) is 61.5 Å². The summed E-state index contributed by atoms with van der Waals surface area (Å²) >= 11 is 17.7. The van der Waals surface area contributed by atoms with Crippen molar-refractivity contribution in [2.45, 2.75) is 6.92 Å². The number of nitrogens with zero attached hydrogens (tertiary/aromatic N) is 4. The van der Waals surface area contributed by atoms with Crippen molar-refractivity contribution in [3.63, 3.8) is 0 Å². The van der Waals surface area contributed by atoms with Gasteiger partial charge in [0, 0.05) is 27.5 Å². The van der Waals surface area contributed by atoms with E-state index in [4.69, 9.17) is 28.2 Å². The molecule has 35 heavy (non-hydrogen) atoms.